The fourth-order valence-electron chi connectivity index (χ4n) is 1.99. The van der Waals surface area contributed by atoms with E-state index in [-0.39, 0.29) is 5.54 Å². The molecule has 0 fully saturated rings. The molecule has 3 N–H and O–H groups in total. The van der Waals surface area contributed by atoms with Gasteiger partial charge in [-0.3, -0.25) is 0 Å². The maximum atomic E-state index is 5.62. The molecule has 1 aromatic rings. The van der Waals surface area contributed by atoms with Crippen LogP contribution in [0, 0.1) is 20.8 Å². The zero-order valence-electron chi connectivity index (χ0n) is 11.9. The SMILES string of the molecule is Cc1ccc(CNC(C)(C)CCN)c(C)c1C. The van der Waals surface area contributed by atoms with Crippen molar-refractivity contribution in [2.45, 2.75) is 53.1 Å². The second kappa shape index (κ2) is 5.65. The van der Waals surface area contributed by atoms with Crippen molar-refractivity contribution in [3.63, 3.8) is 0 Å². The molecule has 0 aliphatic rings. The quantitative estimate of drug-likeness (QED) is 0.822. The van der Waals surface area contributed by atoms with Crippen molar-refractivity contribution in [3.8, 4) is 0 Å². The van der Waals surface area contributed by atoms with Crippen molar-refractivity contribution in [2.75, 3.05) is 6.54 Å². The Morgan fingerprint density at radius 1 is 1.12 bits per heavy atom. The van der Waals surface area contributed by atoms with E-state index in [1.807, 2.05) is 0 Å². The minimum atomic E-state index is 0.111. The fourth-order valence-corrected chi connectivity index (χ4v) is 1.99. The summed E-state index contributed by atoms with van der Waals surface area (Å²) in [6.45, 7) is 12.6. The smallest absolute Gasteiger partial charge is 0.0213 e. The predicted octanol–water partition coefficient (Wildman–Crippen LogP) is 2.83. The van der Waals surface area contributed by atoms with Crippen LogP contribution in [0.4, 0.5) is 0 Å². The number of hydrogen-bond acceptors (Lipinski definition) is 2. The van der Waals surface area contributed by atoms with Gasteiger partial charge in [-0.2, -0.15) is 0 Å². The molecule has 0 radical (unpaired) electrons. The molecule has 96 valence electrons. The molecule has 17 heavy (non-hydrogen) atoms. The van der Waals surface area contributed by atoms with Gasteiger partial charge < -0.3 is 11.1 Å². The summed E-state index contributed by atoms with van der Waals surface area (Å²) in [4.78, 5) is 0. The number of nitrogens with two attached hydrogens (primary N) is 1. The first-order valence-electron chi connectivity index (χ1n) is 6.38. The zero-order chi connectivity index (χ0) is 13.1. The van der Waals surface area contributed by atoms with E-state index in [9.17, 15) is 0 Å². The molecule has 2 heteroatoms. The maximum Gasteiger partial charge on any atom is 0.0213 e. The summed E-state index contributed by atoms with van der Waals surface area (Å²) in [6.07, 6.45) is 0.997. The Bertz CT molecular complexity index is 381. The molecule has 0 spiro atoms. The molecule has 0 bridgehead atoms. The van der Waals surface area contributed by atoms with Gasteiger partial charge >= 0.3 is 0 Å². The number of hydrogen-bond donors (Lipinski definition) is 2. The summed E-state index contributed by atoms with van der Waals surface area (Å²) in [6, 6.07) is 4.43. The lowest BCUT2D eigenvalue weighted by Gasteiger charge is -2.26. The molecule has 1 rings (SSSR count). The van der Waals surface area contributed by atoms with Gasteiger partial charge in [0.05, 0.1) is 0 Å². The maximum absolute atomic E-state index is 5.62. The molecule has 0 saturated carbocycles. The lowest BCUT2D eigenvalue weighted by molar-refractivity contribution is 0.365. The molecule has 0 aliphatic carbocycles. The van der Waals surface area contributed by atoms with Crippen LogP contribution in [0.2, 0.25) is 0 Å². The molecule has 0 saturated heterocycles. The highest BCUT2D eigenvalue weighted by Gasteiger charge is 2.16. The Balaban J connectivity index is 2.73. The van der Waals surface area contributed by atoms with Crippen molar-refractivity contribution in [3.05, 3.63) is 34.4 Å². The normalized spacial score (nSPS) is 11.9. The summed E-state index contributed by atoms with van der Waals surface area (Å²) in [5, 5.41) is 3.58. The van der Waals surface area contributed by atoms with Gasteiger partial charge in [-0.25, -0.2) is 0 Å². The molecular formula is C15H26N2. The fraction of sp³-hybridized carbons (Fsp3) is 0.600. The van der Waals surface area contributed by atoms with Crippen molar-refractivity contribution in [1.82, 2.24) is 5.32 Å². The second-order valence-corrected chi connectivity index (χ2v) is 5.57. The van der Waals surface area contributed by atoms with Crippen LogP contribution >= 0.6 is 0 Å². The third-order valence-electron chi connectivity index (χ3n) is 3.70. The molecule has 0 unspecified atom stereocenters. The first-order chi connectivity index (χ1) is 7.87. The van der Waals surface area contributed by atoms with Gasteiger partial charge in [0.25, 0.3) is 0 Å². The van der Waals surface area contributed by atoms with Gasteiger partial charge in [0, 0.05) is 12.1 Å². The highest BCUT2D eigenvalue weighted by atomic mass is 15.0. The van der Waals surface area contributed by atoms with E-state index in [0.29, 0.717) is 0 Å². The van der Waals surface area contributed by atoms with E-state index in [0.717, 1.165) is 19.5 Å². The number of benzene rings is 1. The van der Waals surface area contributed by atoms with Gasteiger partial charge in [0.2, 0.25) is 0 Å². The Hall–Kier alpha value is -0.860. The largest absolute Gasteiger partial charge is 0.330 e. The third kappa shape index (κ3) is 3.83. The molecule has 0 amide bonds. The van der Waals surface area contributed by atoms with Crippen LogP contribution in [-0.2, 0) is 6.54 Å². The Morgan fingerprint density at radius 2 is 1.76 bits per heavy atom. The van der Waals surface area contributed by atoms with Gasteiger partial charge in [-0.05, 0) is 69.8 Å². The van der Waals surface area contributed by atoms with Gasteiger partial charge in [-0.1, -0.05) is 12.1 Å². The topological polar surface area (TPSA) is 38.0 Å². The van der Waals surface area contributed by atoms with Gasteiger partial charge in [0.1, 0.15) is 0 Å². The summed E-state index contributed by atoms with van der Waals surface area (Å²) in [7, 11) is 0. The third-order valence-corrected chi connectivity index (χ3v) is 3.70. The molecular weight excluding hydrogens is 208 g/mol. The Morgan fingerprint density at radius 3 is 2.35 bits per heavy atom. The van der Waals surface area contributed by atoms with Gasteiger partial charge in [-0.15, -0.1) is 0 Å². The van der Waals surface area contributed by atoms with E-state index in [2.05, 4.69) is 52.1 Å². The summed E-state index contributed by atoms with van der Waals surface area (Å²) < 4.78 is 0. The molecule has 0 aromatic heterocycles. The van der Waals surface area contributed by atoms with E-state index in [4.69, 9.17) is 5.73 Å². The average molecular weight is 234 g/mol. The van der Waals surface area contributed by atoms with Crippen molar-refractivity contribution in [2.24, 2.45) is 5.73 Å². The van der Waals surface area contributed by atoms with Crippen LogP contribution in [0.3, 0.4) is 0 Å². The lowest BCUT2D eigenvalue weighted by atomic mass is 9.96. The van der Waals surface area contributed by atoms with E-state index >= 15 is 0 Å². The Labute approximate surface area is 106 Å². The number of nitrogens with one attached hydrogen (secondary N) is 1. The standard InChI is InChI=1S/C15H26N2/c1-11-6-7-14(13(3)12(11)2)10-17-15(4,5)8-9-16/h6-7,17H,8-10,16H2,1-5H3. The van der Waals surface area contributed by atoms with E-state index in [1.54, 1.807) is 0 Å². The van der Waals surface area contributed by atoms with Crippen LogP contribution in [0.1, 0.15) is 42.5 Å². The monoisotopic (exact) mass is 234 g/mol. The first-order valence-corrected chi connectivity index (χ1v) is 6.38. The van der Waals surface area contributed by atoms with E-state index in [1.165, 1.54) is 22.3 Å². The predicted molar refractivity (Wildman–Crippen MR) is 75.2 cm³/mol. The lowest BCUT2D eigenvalue weighted by Crippen LogP contribution is -2.40. The molecule has 0 atom stereocenters. The molecule has 0 heterocycles. The summed E-state index contributed by atoms with van der Waals surface area (Å²) in [5.74, 6) is 0. The number of aryl methyl sites for hydroxylation is 1. The Kier molecular flexibility index (Phi) is 4.72. The van der Waals surface area contributed by atoms with Crippen molar-refractivity contribution in [1.29, 1.82) is 0 Å². The van der Waals surface area contributed by atoms with Gasteiger partial charge in [0.15, 0.2) is 0 Å². The average Bonchev–Trinajstić information content (AvgIpc) is 2.25. The van der Waals surface area contributed by atoms with Crippen LogP contribution in [0.15, 0.2) is 12.1 Å². The van der Waals surface area contributed by atoms with Crippen LogP contribution in [0.5, 0.6) is 0 Å². The summed E-state index contributed by atoms with van der Waals surface area (Å²) in [5.41, 5.74) is 11.3. The zero-order valence-corrected chi connectivity index (χ0v) is 11.9. The van der Waals surface area contributed by atoms with E-state index < -0.39 is 0 Å². The highest BCUT2D eigenvalue weighted by molar-refractivity contribution is 5.38. The van der Waals surface area contributed by atoms with Crippen LogP contribution in [-0.4, -0.2) is 12.1 Å². The van der Waals surface area contributed by atoms with Crippen LogP contribution < -0.4 is 11.1 Å². The first kappa shape index (κ1) is 14.2. The highest BCUT2D eigenvalue weighted by Crippen LogP contribution is 2.18. The molecule has 1 aromatic carbocycles. The molecule has 2 nitrogen and oxygen atoms in total. The molecule has 0 aliphatic heterocycles. The second-order valence-electron chi connectivity index (χ2n) is 5.57. The number of rotatable bonds is 5. The van der Waals surface area contributed by atoms with Crippen molar-refractivity contribution < 1.29 is 0 Å². The minimum absolute atomic E-state index is 0.111. The van der Waals surface area contributed by atoms with Crippen LogP contribution in [0.25, 0.3) is 0 Å². The van der Waals surface area contributed by atoms with Crippen molar-refractivity contribution >= 4 is 0 Å². The minimum Gasteiger partial charge on any atom is -0.330 e. The summed E-state index contributed by atoms with van der Waals surface area (Å²) >= 11 is 0.